The molecular weight excluding hydrogens is 694 g/mol. The van der Waals surface area contributed by atoms with Crippen molar-refractivity contribution in [1.29, 1.82) is 0 Å². The second kappa shape index (κ2) is 19.7. The van der Waals surface area contributed by atoms with Crippen LogP contribution in [0, 0.1) is 0 Å². The van der Waals surface area contributed by atoms with Gasteiger partial charge in [0.1, 0.15) is 35.3 Å². The zero-order valence-corrected chi connectivity index (χ0v) is 32.4. The van der Waals surface area contributed by atoms with Gasteiger partial charge in [-0.15, -0.1) is 0 Å². The minimum Gasteiger partial charge on any atom is -0.548 e. The van der Waals surface area contributed by atoms with Crippen molar-refractivity contribution in [2.75, 3.05) is 13.1 Å². The summed E-state index contributed by atoms with van der Waals surface area (Å²) in [4.78, 5) is 53.3. The summed E-state index contributed by atoms with van der Waals surface area (Å²) < 4.78 is 2.94. The summed E-state index contributed by atoms with van der Waals surface area (Å²) >= 11 is 0. The van der Waals surface area contributed by atoms with E-state index in [4.69, 9.17) is 0 Å². The van der Waals surface area contributed by atoms with E-state index in [1.54, 1.807) is 0 Å². The smallest absolute Gasteiger partial charge is 0.548 e. The van der Waals surface area contributed by atoms with E-state index in [1.807, 2.05) is 60.7 Å². The number of benzene rings is 2. The molecule has 0 radical (unpaired) electrons. The molecule has 0 aliphatic heterocycles. The number of carboxylic acid groups (broad SMARTS) is 2. The number of carboxylic acids is 2. The van der Waals surface area contributed by atoms with Crippen LogP contribution in [0.5, 0.6) is 11.5 Å². The van der Waals surface area contributed by atoms with Gasteiger partial charge in [-0.1, -0.05) is 60.7 Å². The SMILES string of the molecule is O=C([O-])CNC(=O)c1c(O)cc(CCc2ccccc2)n2ncnc12.O=C([O-])CNC(=O)c1c(O)cc(CCc2ccccc2)n2ncnc12.[Na+].[Na+]. The van der Waals surface area contributed by atoms with Crippen LogP contribution in [-0.2, 0) is 35.3 Å². The van der Waals surface area contributed by atoms with Gasteiger partial charge in [0.2, 0.25) is 0 Å². The fourth-order valence-electron chi connectivity index (χ4n) is 5.16. The molecule has 0 fully saturated rings. The van der Waals surface area contributed by atoms with Gasteiger partial charge in [-0.3, -0.25) is 9.59 Å². The Labute approximate surface area is 340 Å². The van der Waals surface area contributed by atoms with Crippen LogP contribution in [0.4, 0.5) is 0 Å². The average molecular weight is 725 g/mol. The third-order valence-electron chi connectivity index (χ3n) is 7.47. The standard InChI is InChI=1S/2C17H16N4O4.2Na/c2*22-13-8-12(7-6-11-4-2-1-3-5-11)21-16(19-10-20-21)15(13)17(25)18-9-14(23)24;;/h2*1-5,8,10,22H,6-7,9H2,(H,18,25)(H,23,24);;/q;;2*+1/p-2. The number of carbonyl (C=O) groups is 4. The van der Waals surface area contributed by atoms with Gasteiger partial charge in [-0.05, 0) is 36.8 Å². The predicted octanol–water partition coefficient (Wildman–Crippen LogP) is -6.59. The molecule has 2 amide bonds. The van der Waals surface area contributed by atoms with Crippen LogP contribution >= 0.6 is 0 Å². The molecular formula is C34H30N8Na2O8. The topological polar surface area (TPSA) is 239 Å². The van der Waals surface area contributed by atoms with Crippen LogP contribution in [0.25, 0.3) is 11.3 Å². The number of aryl methyl sites for hydroxylation is 4. The molecule has 0 bridgehead atoms. The summed E-state index contributed by atoms with van der Waals surface area (Å²) in [5, 5.41) is 53.9. The molecule has 0 saturated carbocycles. The number of carbonyl (C=O) groups excluding carboxylic acids is 4. The molecule has 0 unspecified atom stereocenters. The number of fused-ring (bicyclic) bond motifs is 2. The molecule has 0 aliphatic carbocycles. The molecule has 2 aromatic carbocycles. The van der Waals surface area contributed by atoms with Crippen molar-refractivity contribution in [3.05, 3.63) is 119 Å². The second-order valence-corrected chi connectivity index (χ2v) is 10.9. The van der Waals surface area contributed by atoms with Crippen molar-refractivity contribution in [3.63, 3.8) is 0 Å². The van der Waals surface area contributed by atoms with E-state index in [0.29, 0.717) is 24.2 Å². The van der Waals surface area contributed by atoms with Crippen LogP contribution in [0.3, 0.4) is 0 Å². The maximum Gasteiger partial charge on any atom is 1.00 e. The Morgan fingerprint density at radius 1 is 0.596 bits per heavy atom. The summed E-state index contributed by atoms with van der Waals surface area (Å²) in [6, 6.07) is 22.5. The molecule has 4 N–H and O–H groups in total. The molecule has 0 spiro atoms. The first kappa shape index (κ1) is 41.6. The summed E-state index contributed by atoms with van der Waals surface area (Å²) in [6.07, 6.45) is 5.17. The molecule has 0 aliphatic rings. The summed E-state index contributed by atoms with van der Waals surface area (Å²) in [6.45, 7) is -1.32. The average Bonchev–Trinajstić information content (AvgIpc) is 3.80. The first-order valence-electron chi connectivity index (χ1n) is 15.3. The third kappa shape index (κ3) is 10.6. The van der Waals surface area contributed by atoms with E-state index in [-0.39, 0.29) is 93.0 Å². The summed E-state index contributed by atoms with van der Waals surface area (Å²) in [5.41, 5.74) is 3.72. The van der Waals surface area contributed by atoms with Crippen LogP contribution < -0.4 is 80.0 Å². The van der Waals surface area contributed by atoms with E-state index < -0.39 is 36.8 Å². The Morgan fingerprint density at radius 2 is 0.962 bits per heavy atom. The first-order chi connectivity index (χ1) is 24.1. The van der Waals surface area contributed by atoms with Crippen LogP contribution in [-0.4, -0.2) is 76.3 Å². The van der Waals surface area contributed by atoms with Gasteiger partial charge in [-0.25, -0.2) is 19.0 Å². The molecule has 6 aromatic rings. The fourth-order valence-corrected chi connectivity index (χ4v) is 5.16. The van der Waals surface area contributed by atoms with Crippen molar-refractivity contribution < 1.29 is 98.7 Å². The van der Waals surface area contributed by atoms with Gasteiger partial charge in [0.15, 0.2) is 11.3 Å². The number of nitrogens with one attached hydrogen (secondary N) is 2. The predicted molar refractivity (Wildman–Crippen MR) is 172 cm³/mol. The van der Waals surface area contributed by atoms with Crippen molar-refractivity contribution in [2.24, 2.45) is 0 Å². The largest absolute Gasteiger partial charge is 1.00 e. The zero-order chi connectivity index (χ0) is 35.6. The molecule has 0 atom stereocenters. The van der Waals surface area contributed by atoms with E-state index in [9.17, 15) is 39.6 Å². The minimum absolute atomic E-state index is 0. The van der Waals surface area contributed by atoms with Gasteiger partial charge in [-0.2, -0.15) is 10.2 Å². The monoisotopic (exact) mass is 724 g/mol. The van der Waals surface area contributed by atoms with E-state index >= 15 is 0 Å². The Morgan fingerprint density at radius 3 is 1.31 bits per heavy atom. The molecule has 52 heavy (non-hydrogen) atoms. The molecule has 4 aromatic heterocycles. The fraction of sp³-hybridized carbons (Fsp3) is 0.176. The van der Waals surface area contributed by atoms with Gasteiger partial charge in [0, 0.05) is 23.5 Å². The van der Waals surface area contributed by atoms with Crippen molar-refractivity contribution >= 4 is 35.0 Å². The zero-order valence-electron chi connectivity index (χ0n) is 28.4. The van der Waals surface area contributed by atoms with Crippen LogP contribution in [0.15, 0.2) is 85.5 Å². The minimum atomic E-state index is -1.43. The van der Waals surface area contributed by atoms with E-state index in [2.05, 4.69) is 30.8 Å². The molecule has 0 saturated heterocycles. The number of pyridine rings is 2. The number of nitrogens with zero attached hydrogens (tertiary/aromatic N) is 6. The normalized spacial score (nSPS) is 10.3. The van der Waals surface area contributed by atoms with Crippen LogP contribution in [0.1, 0.15) is 43.2 Å². The Bertz CT molecular complexity index is 2010. The summed E-state index contributed by atoms with van der Waals surface area (Å²) in [5.74, 6) is -4.92. The number of amides is 2. The number of rotatable bonds is 12. The van der Waals surface area contributed by atoms with Crippen molar-refractivity contribution in [3.8, 4) is 11.5 Å². The Hall–Kier alpha value is -4.84. The Balaban J connectivity index is 0.000000270. The first-order valence-corrected chi connectivity index (χ1v) is 15.3. The number of aromatic nitrogens is 6. The van der Waals surface area contributed by atoms with Gasteiger partial charge >= 0.3 is 59.1 Å². The molecule has 4 heterocycles. The Kier molecular flexibility index (Phi) is 15.7. The molecule has 256 valence electrons. The van der Waals surface area contributed by atoms with E-state index in [1.165, 1.54) is 33.8 Å². The van der Waals surface area contributed by atoms with Crippen LogP contribution in [0.2, 0.25) is 0 Å². The number of aliphatic carboxylic acids is 2. The maximum absolute atomic E-state index is 12.1. The third-order valence-corrected chi connectivity index (χ3v) is 7.47. The second-order valence-electron chi connectivity index (χ2n) is 10.9. The quantitative estimate of drug-likeness (QED) is 0.0862. The number of hydrogen-bond acceptors (Lipinski definition) is 12. The van der Waals surface area contributed by atoms with Gasteiger partial charge in [0.05, 0.1) is 25.0 Å². The molecule has 16 nitrogen and oxygen atoms in total. The maximum atomic E-state index is 12.1. The van der Waals surface area contributed by atoms with Crippen molar-refractivity contribution in [2.45, 2.75) is 25.7 Å². The van der Waals surface area contributed by atoms with Crippen molar-refractivity contribution in [1.82, 2.24) is 39.8 Å². The van der Waals surface area contributed by atoms with E-state index in [0.717, 1.165) is 24.0 Å². The summed E-state index contributed by atoms with van der Waals surface area (Å²) in [7, 11) is 0. The van der Waals surface area contributed by atoms with Gasteiger partial charge < -0.3 is 40.6 Å². The number of aromatic hydroxyl groups is 2. The molecule has 18 heteroatoms. The molecule has 6 rings (SSSR count). The van der Waals surface area contributed by atoms with Gasteiger partial charge in [0.25, 0.3) is 11.8 Å². The number of hydrogen-bond donors (Lipinski definition) is 4.